The zero-order valence-electron chi connectivity index (χ0n) is 19.9. The summed E-state index contributed by atoms with van der Waals surface area (Å²) in [6, 6.07) is 12.0. The van der Waals surface area contributed by atoms with E-state index in [9.17, 15) is 9.18 Å². The van der Waals surface area contributed by atoms with Crippen molar-refractivity contribution in [3.8, 4) is 11.5 Å². The van der Waals surface area contributed by atoms with Crippen molar-refractivity contribution in [3.05, 3.63) is 65.5 Å². The van der Waals surface area contributed by atoms with E-state index in [0.29, 0.717) is 36.8 Å². The van der Waals surface area contributed by atoms with Gasteiger partial charge in [-0.2, -0.15) is 0 Å². The van der Waals surface area contributed by atoms with E-state index < -0.39 is 0 Å². The quantitative estimate of drug-likeness (QED) is 0.471. The van der Waals surface area contributed by atoms with Gasteiger partial charge >= 0.3 is 0 Å². The normalized spacial score (nSPS) is 16.8. The lowest BCUT2D eigenvalue weighted by Gasteiger charge is -2.27. The van der Waals surface area contributed by atoms with Gasteiger partial charge in [-0.15, -0.1) is 0 Å². The molecule has 2 aromatic carbocycles. The number of ether oxygens (including phenoxy) is 3. The molecule has 35 heavy (non-hydrogen) atoms. The van der Waals surface area contributed by atoms with Gasteiger partial charge in [-0.1, -0.05) is 12.1 Å². The number of hydrogen-bond donors (Lipinski definition) is 0. The Balaban J connectivity index is 1.46. The summed E-state index contributed by atoms with van der Waals surface area (Å²) in [5.74, 6) is 1.64. The molecule has 1 fully saturated rings. The molecule has 0 aliphatic carbocycles. The maximum absolute atomic E-state index is 13.6. The highest BCUT2D eigenvalue weighted by Gasteiger charge is 2.24. The van der Waals surface area contributed by atoms with Crippen molar-refractivity contribution in [2.75, 3.05) is 38.9 Å². The average Bonchev–Trinajstić information content (AvgIpc) is 3.52. The maximum atomic E-state index is 13.6. The molecule has 1 amide bonds. The summed E-state index contributed by atoms with van der Waals surface area (Å²) >= 11 is 0. The molecule has 182 valence electrons. The molecular formula is C27H28FN3O4. The first-order valence-corrected chi connectivity index (χ1v) is 11.7. The Morgan fingerprint density at radius 2 is 2.00 bits per heavy atom. The van der Waals surface area contributed by atoms with Gasteiger partial charge in [0.1, 0.15) is 11.6 Å². The summed E-state index contributed by atoms with van der Waals surface area (Å²) in [5, 5.41) is 0.912. The predicted octanol–water partition coefficient (Wildman–Crippen LogP) is 4.39. The lowest BCUT2D eigenvalue weighted by Crippen LogP contribution is -2.36. The number of carbonyl (C=O) groups is 1. The zero-order valence-corrected chi connectivity index (χ0v) is 19.9. The number of amides is 1. The molecule has 0 radical (unpaired) electrons. The number of nitrogens with zero attached hydrogens (tertiary/aromatic N) is 3. The minimum absolute atomic E-state index is 0.00782. The van der Waals surface area contributed by atoms with E-state index >= 15 is 0 Å². The number of anilines is 1. The Bertz CT molecular complexity index is 1270. The third kappa shape index (κ3) is 5.22. The minimum Gasteiger partial charge on any atom is -0.454 e. The fourth-order valence-electron chi connectivity index (χ4n) is 4.46. The van der Waals surface area contributed by atoms with E-state index in [2.05, 4.69) is 0 Å². The molecule has 0 bridgehead atoms. The van der Waals surface area contributed by atoms with Crippen LogP contribution in [0.5, 0.6) is 11.5 Å². The van der Waals surface area contributed by atoms with Gasteiger partial charge in [0, 0.05) is 56.9 Å². The fourth-order valence-corrected chi connectivity index (χ4v) is 4.46. The van der Waals surface area contributed by atoms with Crippen molar-refractivity contribution >= 4 is 28.7 Å². The average molecular weight is 478 g/mol. The van der Waals surface area contributed by atoms with Crippen molar-refractivity contribution in [1.29, 1.82) is 0 Å². The SMILES string of the molecule is CN(C)c1nc2cc3c(cc2cc1CN(CC1CCCO1)C(=O)/C=C/c1cccc(F)c1)OCO3. The minimum atomic E-state index is -0.338. The van der Waals surface area contributed by atoms with Gasteiger partial charge in [0.2, 0.25) is 12.7 Å². The van der Waals surface area contributed by atoms with Crippen molar-refractivity contribution in [3.63, 3.8) is 0 Å². The van der Waals surface area contributed by atoms with Crippen LogP contribution < -0.4 is 14.4 Å². The Kier molecular flexibility index (Phi) is 6.55. The van der Waals surface area contributed by atoms with Gasteiger partial charge in [-0.25, -0.2) is 9.37 Å². The van der Waals surface area contributed by atoms with Crippen LogP contribution in [-0.2, 0) is 16.1 Å². The van der Waals surface area contributed by atoms with E-state index in [-0.39, 0.29) is 24.6 Å². The molecule has 1 saturated heterocycles. The van der Waals surface area contributed by atoms with Crippen LogP contribution in [0.4, 0.5) is 10.2 Å². The summed E-state index contributed by atoms with van der Waals surface area (Å²) in [6.45, 7) is 1.73. The lowest BCUT2D eigenvalue weighted by atomic mass is 10.1. The van der Waals surface area contributed by atoms with Crippen LogP contribution in [0.3, 0.4) is 0 Å². The molecule has 0 N–H and O–H groups in total. The number of pyridine rings is 1. The van der Waals surface area contributed by atoms with Gasteiger partial charge in [-0.3, -0.25) is 4.79 Å². The Labute approximate surface area is 203 Å². The highest BCUT2D eigenvalue weighted by atomic mass is 19.1. The van der Waals surface area contributed by atoms with Crippen molar-refractivity contribution in [2.45, 2.75) is 25.5 Å². The van der Waals surface area contributed by atoms with Gasteiger partial charge in [0.25, 0.3) is 0 Å². The third-order valence-corrected chi connectivity index (χ3v) is 6.18. The number of rotatable bonds is 7. The first-order chi connectivity index (χ1) is 17.0. The van der Waals surface area contributed by atoms with Crippen LogP contribution in [-0.4, -0.2) is 55.9 Å². The van der Waals surface area contributed by atoms with E-state index in [0.717, 1.165) is 35.1 Å². The second-order valence-electron chi connectivity index (χ2n) is 9.01. The van der Waals surface area contributed by atoms with Gasteiger partial charge in [0.15, 0.2) is 11.5 Å². The molecule has 0 saturated carbocycles. The number of hydrogen-bond acceptors (Lipinski definition) is 6. The number of fused-ring (bicyclic) bond motifs is 2. The predicted molar refractivity (Wildman–Crippen MR) is 132 cm³/mol. The van der Waals surface area contributed by atoms with Crippen LogP contribution >= 0.6 is 0 Å². The molecule has 1 aromatic heterocycles. The van der Waals surface area contributed by atoms with Gasteiger partial charge < -0.3 is 24.0 Å². The lowest BCUT2D eigenvalue weighted by molar-refractivity contribution is -0.128. The molecule has 2 aliphatic heterocycles. The second kappa shape index (κ2) is 9.92. The van der Waals surface area contributed by atoms with Crippen molar-refractivity contribution in [1.82, 2.24) is 9.88 Å². The molecule has 1 unspecified atom stereocenters. The van der Waals surface area contributed by atoms with Gasteiger partial charge in [0.05, 0.1) is 11.6 Å². The van der Waals surface area contributed by atoms with Gasteiger partial charge in [-0.05, 0) is 48.7 Å². The highest BCUT2D eigenvalue weighted by molar-refractivity contribution is 5.92. The van der Waals surface area contributed by atoms with E-state index in [4.69, 9.17) is 19.2 Å². The Morgan fingerprint density at radius 1 is 1.17 bits per heavy atom. The summed E-state index contributed by atoms with van der Waals surface area (Å²) < 4.78 is 30.4. The van der Waals surface area contributed by atoms with Crippen molar-refractivity contribution in [2.24, 2.45) is 0 Å². The molecule has 1 atom stereocenters. The monoisotopic (exact) mass is 477 g/mol. The van der Waals surface area contributed by atoms with E-state index in [1.165, 1.54) is 18.2 Å². The molecule has 3 heterocycles. The van der Waals surface area contributed by atoms with E-state index in [1.54, 1.807) is 23.1 Å². The Morgan fingerprint density at radius 3 is 2.74 bits per heavy atom. The standard InChI is InChI=1S/C27H28FN3O4/c1-30(2)27-20(12-19-13-24-25(35-17-34-24)14-23(19)29-27)15-31(16-22-7-4-10-33-22)26(32)9-8-18-5-3-6-21(28)11-18/h3,5-6,8-9,11-14,22H,4,7,10,15-17H2,1-2H3/b9-8+. The molecule has 0 spiro atoms. The summed E-state index contributed by atoms with van der Waals surface area (Å²) in [4.78, 5) is 21.9. The summed E-state index contributed by atoms with van der Waals surface area (Å²) in [6.07, 6.45) is 5.02. The van der Waals surface area contributed by atoms with Crippen LogP contribution in [0, 0.1) is 5.82 Å². The largest absolute Gasteiger partial charge is 0.454 e. The highest BCUT2D eigenvalue weighted by Crippen LogP contribution is 2.37. The number of aromatic nitrogens is 1. The second-order valence-corrected chi connectivity index (χ2v) is 9.01. The van der Waals surface area contributed by atoms with Crippen LogP contribution in [0.25, 0.3) is 17.0 Å². The molecule has 8 heteroatoms. The Hall–Kier alpha value is -3.65. The number of halogens is 1. The smallest absolute Gasteiger partial charge is 0.246 e. The molecule has 5 rings (SSSR count). The van der Waals surface area contributed by atoms with Crippen LogP contribution in [0.1, 0.15) is 24.0 Å². The molecule has 2 aliphatic rings. The number of benzene rings is 2. The molecular weight excluding hydrogens is 449 g/mol. The topological polar surface area (TPSA) is 64.1 Å². The number of carbonyl (C=O) groups excluding carboxylic acids is 1. The van der Waals surface area contributed by atoms with Crippen LogP contribution in [0.15, 0.2) is 48.5 Å². The van der Waals surface area contributed by atoms with Crippen LogP contribution in [0.2, 0.25) is 0 Å². The third-order valence-electron chi connectivity index (χ3n) is 6.18. The van der Waals surface area contributed by atoms with Crippen molar-refractivity contribution < 1.29 is 23.4 Å². The maximum Gasteiger partial charge on any atom is 0.246 e. The van der Waals surface area contributed by atoms with E-state index in [1.807, 2.05) is 37.2 Å². The molecule has 3 aromatic rings. The first kappa shape index (κ1) is 23.1. The fraction of sp³-hybridized carbons (Fsp3) is 0.333. The first-order valence-electron chi connectivity index (χ1n) is 11.7. The summed E-state index contributed by atoms with van der Waals surface area (Å²) in [7, 11) is 3.86. The zero-order chi connectivity index (χ0) is 24.4. The summed E-state index contributed by atoms with van der Waals surface area (Å²) in [5.41, 5.74) is 2.34. The molecule has 7 nitrogen and oxygen atoms in total.